The molecule has 2 rings (SSSR count). The van der Waals surface area contributed by atoms with Crippen molar-refractivity contribution >= 4 is 0 Å². The van der Waals surface area contributed by atoms with Crippen molar-refractivity contribution in [3.05, 3.63) is 11.3 Å². The summed E-state index contributed by atoms with van der Waals surface area (Å²) in [6.45, 7) is 2.70. The third-order valence-corrected chi connectivity index (χ3v) is 3.70. The molecule has 2 atom stereocenters. The molecule has 2 unspecified atom stereocenters. The number of hydrogen-bond donors (Lipinski definition) is 1. The summed E-state index contributed by atoms with van der Waals surface area (Å²) in [4.78, 5) is 0. The van der Waals surface area contributed by atoms with E-state index in [1.54, 1.807) is 11.8 Å². The lowest BCUT2D eigenvalue weighted by atomic mass is 10.1. The number of aryl methyl sites for hydroxylation is 2. The number of ether oxygens (including phenoxy) is 1. The molecule has 0 spiro atoms. The minimum atomic E-state index is 0.146. The van der Waals surface area contributed by atoms with Gasteiger partial charge in [0.05, 0.1) is 30.4 Å². The fourth-order valence-electron chi connectivity index (χ4n) is 2.73. The first-order valence-corrected chi connectivity index (χ1v) is 6.36. The molecule has 1 aromatic rings. The first kappa shape index (κ1) is 12.9. The first-order chi connectivity index (χ1) is 8.67. The van der Waals surface area contributed by atoms with Crippen molar-refractivity contribution in [3.63, 3.8) is 0 Å². The summed E-state index contributed by atoms with van der Waals surface area (Å²) < 4.78 is 7.11. The molecule has 1 aliphatic rings. The van der Waals surface area contributed by atoms with Crippen LogP contribution in [0.4, 0.5) is 0 Å². The van der Waals surface area contributed by atoms with Gasteiger partial charge in [0.2, 0.25) is 5.88 Å². The Balaban J connectivity index is 2.04. The molecule has 0 aliphatic heterocycles. The molecule has 1 aromatic heterocycles. The Morgan fingerprint density at radius 2 is 2.33 bits per heavy atom. The summed E-state index contributed by atoms with van der Waals surface area (Å²) in [6.07, 6.45) is 3.23. The standard InChI is InChI=1S/C13H20N4O/c1-9-11(13(18-3)17(2)16-9)8-15-12-6-4-5-10(12)7-14/h10,12,15H,4-6,8H2,1-3H3. The molecule has 18 heavy (non-hydrogen) atoms. The number of aromatic nitrogens is 2. The van der Waals surface area contributed by atoms with Crippen LogP contribution in [0.1, 0.15) is 30.5 Å². The van der Waals surface area contributed by atoms with Gasteiger partial charge >= 0.3 is 0 Å². The van der Waals surface area contributed by atoms with Crippen LogP contribution in [-0.4, -0.2) is 22.9 Å². The van der Waals surface area contributed by atoms with Gasteiger partial charge in [0.1, 0.15) is 0 Å². The molecule has 0 saturated heterocycles. The highest BCUT2D eigenvalue weighted by Crippen LogP contribution is 2.26. The fraction of sp³-hybridized carbons (Fsp3) is 0.692. The van der Waals surface area contributed by atoms with E-state index in [2.05, 4.69) is 16.5 Å². The van der Waals surface area contributed by atoms with Crippen LogP contribution in [-0.2, 0) is 13.6 Å². The zero-order valence-corrected chi connectivity index (χ0v) is 11.2. The smallest absolute Gasteiger partial charge is 0.216 e. The lowest BCUT2D eigenvalue weighted by Gasteiger charge is -2.15. The second-order valence-electron chi connectivity index (χ2n) is 4.85. The maximum absolute atomic E-state index is 9.06. The van der Waals surface area contributed by atoms with Gasteiger partial charge in [-0.25, -0.2) is 4.68 Å². The topological polar surface area (TPSA) is 62.9 Å². The maximum atomic E-state index is 9.06. The van der Waals surface area contributed by atoms with Gasteiger partial charge in [0, 0.05) is 19.6 Å². The highest BCUT2D eigenvalue weighted by atomic mass is 16.5. The molecule has 1 heterocycles. The quantitative estimate of drug-likeness (QED) is 0.877. The zero-order chi connectivity index (χ0) is 13.1. The predicted molar refractivity (Wildman–Crippen MR) is 68.1 cm³/mol. The SMILES string of the molecule is COc1c(CNC2CCCC2C#N)c(C)nn1C. The Morgan fingerprint density at radius 1 is 1.56 bits per heavy atom. The molecular weight excluding hydrogens is 228 g/mol. The Bertz CT molecular complexity index is 460. The number of nitrogens with one attached hydrogen (secondary N) is 1. The monoisotopic (exact) mass is 248 g/mol. The van der Waals surface area contributed by atoms with Crippen LogP contribution in [0, 0.1) is 24.2 Å². The van der Waals surface area contributed by atoms with Crippen LogP contribution >= 0.6 is 0 Å². The maximum Gasteiger partial charge on any atom is 0.216 e. The van der Waals surface area contributed by atoms with Gasteiger partial charge in [-0.15, -0.1) is 0 Å². The Hall–Kier alpha value is -1.54. The lowest BCUT2D eigenvalue weighted by Crippen LogP contribution is -2.31. The van der Waals surface area contributed by atoms with Gasteiger partial charge in [0.15, 0.2) is 0 Å². The van der Waals surface area contributed by atoms with Gasteiger partial charge in [-0.1, -0.05) is 6.42 Å². The van der Waals surface area contributed by atoms with E-state index >= 15 is 0 Å². The second kappa shape index (κ2) is 5.40. The minimum absolute atomic E-state index is 0.146. The van der Waals surface area contributed by atoms with Gasteiger partial charge in [-0.3, -0.25) is 0 Å². The van der Waals surface area contributed by atoms with Crippen molar-refractivity contribution in [2.45, 2.75) is 38.8 Å². The molecule has 1 saturated carbocycles. The second-order valence-corrected chi connectivity index (χ2v) is 4.85. The number of hydrogen-bond acceptors (Lipinski definition) is 4. The van der Waals surface area contributed by atoms with Gasteiger partial charge in [0.25, 0.3) is 0 Å². The van der Waals surface area contributed by atoms with Gasteiger partial charge in [-0.2, -0.15) is 10.4 Å². The van der Waals surface area contributed by atoms with E-state index in [0.29, 0.717) is 12.6 Å². The van der Waals surface area contributed by atoms with Crippen molar-refractivity contribution in [2.75, 3.05) is 7.11 Å². The number of rotatable bonds is 4. The van der Waals surface area contributed by atoms with Crippen molar-refractivity contribution in [2.24, 2.45) is 13.0 Å². The van der Waals surface area contributed by atoms with E-state index < -0.39 is 0 Å². The summed E-state index contributed by atoms with van der Waals surface area (Å²) in [5.41, 5.74) is 2.07. The molecule has 98 valence electrons. The van der Waals surface area contributed by atoms with E-state index in [1.807, 2.05) is 14.0 Å². The molecule has 1 fully saturated rings. The molecular formula is C13H20N4O. The number of methoxy groups -OCH3 is 1. The van der Waals surface area contributed by atoms with Crippen molar-refractivity contribution in [3.8, 4) is 11.9 Å². The van der Waals surface area contributed by atoms with E-state index in [0.717, 1.165) is 36.4 Å². The van der Waals surface area contributed by atoms with Crippen molar-refractivity contribution in [1.29, 1.82) is 5.26 Å². The van der Waals surface area contributed by atoms with E-state index in [9.17, 15) is 0 Å². The number of nitrogens with zero attached hydrogens (tertiary/aromatic N) is 3. The number of nitriles is 1. The Labute approximate surface area is 108 Å². The molecule has 0 aromatic carbocycles. The molecule has 5 heteroatoms. The molecule has 1 aliphatic carbocycles. The van der Waals surface area contributed by atoms with E-state index in [-0.39, 0.29) is 5.92 Å². The highest BCUT2D eigenvalue weighted by Gasteiger charge is 2.27. The summed E-state index contributed by atoms with van der Waals surface area (Å²) >= 11 is 0. The average Bonchev–Trinajstić information content (AvgIpc) is 2.90. The highest BCUT2D eigenvalue weighted by molar-refractivity contribution is 5.30. The van der Waals surface area contributed by atoms with Crippen LogP contribution in [0.5, 0.6) is 5.88 Å². The minimum Gasteiger partial charge on any atom is -0.481 e. The Kier molecular flexibility index (Phi) is 3.87. The summed E-state index contributed by atoms with van der Waals surface area (Å²) in [5.74, 6) is 0.944. The Morgan fingerprint density at radius 3 is 3.00 bits per heavy atom. The molecule has 1 N–H and O–H groups in total. The predicted octanol–water partition coefficient (Wildman–Crippen LogP) is 1.52. The summed E-state index contributed by atoms with van der Waals surface area (Å²) in [6, 6.07) is 2.69. The lowest BCUT2D eigenvalue weighted by molar-refractivity contribution is 0.365. The average molecular weight is 248 g/mol. The van der Waals surface area contributed by atoms with Crippen LogP contribution in [0.25, 0.3) is 0 Å². The van der Waals surface area contributed by atoms with Crippen LogP contribution in [0.15, 0.2) is 0 Å². The van der Waals surface area contributed by atoms with Crippen LogP contribution in [0.3, 0.4) is 0 Å². The van der Waals surface area contributed by atoms with Gasteiger partial charge in [-0.05, 0) is 19.8 Å². The molecule has 5 nitrogen and oxygen atoms in total. The van der Waals surface area contributed by atoms with Crippen LogP contribution in [0.2, 0.25) is 0 Å². The van der Waals surface area contributed by atoms with E-state index in [4.69, 9.17) is 10.00 Å². The third-order valence-electron chi connectivity index (χ3n) is 3.70. The zero-order valence-electron chi connectivity index (χ0n) is 11.2. The summed E-state index contributed by atoms with van der Waals surface area (Å²) in [7, 11) is 3.54. The molecule has 0 bridgehead atoms. The third kappa shape index (κ3) is 2.34. The fourth-order valence-corrected chi connectivity index (χ4v) is 2.73. The summed E-state index contributed by atoms with van der Waals surface area (Å²) in [5, 5.41) is 16.9. The van der Waals surface area contributed by atoms with E-state index in [1.165, 1.54) is 0 Å². The molecule has 0 radical (unpaired) electrons. The van der Waals surface area contributed by atoms with Crippen molar-refractivity contribution in [1.82, 2.24) is 15.1 Å². The molecule has 0 amide bonds. The largest absolute Gasteiger partial charge is 0.481 e. The van der Waals surface area contributed by atoms with Crippen molar-refractivity contribution < 1.29 is 4.74 Å². The normalized spacial score (nSPS) is 23.0. The first-order valence-electron chi connectivity index (χ1n) is 6.36. The van der Waals surface area contributed by atoms with Gasteiger partial charge < -0.3 is 10.1 Å². The van der Waals surface area contributed by atoms with Crippen LogP contribution < -0.4 is 10.1 Å².